The first kappa shape index (κ1) is 19.5. The Hall–Kier alpha value is -1.85. The molecule has 25 heavy (non-hydrogen) atoms. The molecule has 0 amide bonds. The van der Waals surface area contributed by atoms with Gasteiger partial charge in [0, 0.05) is 30.5 Å². The lowest BCUT2D eigenvalue weighted by Crippen LogP contribution is -2.43. The van der Waals surface area contributed by atoms with E-state index in [0.717, 1.165) is 19.0 Å². The fourth-order valence-corrected chi connectivity index (χ4v) is 3.33. The molecule has 0 aliphatic carbocycles. The van der Waals surface area contributed by atoms with E-state index in [4.69, 9.17) is 9.73 Å². The number of methoxy groups -OCH3 is 1. The molecule has 0 atom stereocenters. The Morgan fingerprint density at radius 1 is 1.12 bits per heavy atom. The quantitative estimate of drug-likeness (QED) is 0.554. The molecular weight excluding hydrogens is 330 g/mol. The van der Waals surface area contributed by atoms with Gasteiger partial charge < -0.3 is 15.4 Å². The highest BCUT2D eigenvalue weighted by Crippen LogP contribution is 2.26. The minimum absolute atomic E-state index is 0.0756. The molecule has 4 nitrogen and oxygen atoms in total. The Bertz CT molecular complexity index is 648. The molecular formula is C20H29N3OS. The average molecular weight is 360 g/mol. The third-order valence-electron chi connectivity index (χ3n) is 3.98. The Labute approximate surface area is 155 Å². The molecule has 0 saturated carbocycles. The van der Waals surface area contributed by atoms with Crippen LogP contribution in [0.4, 0.5) is 0 Å². The van der Waals surface area contributed by atoms with E-state index in [2.05, 4.69) is 73.2 Å². The number of aliphatic imine (C=N–C) groups is 1. The van der Waals surface area contributed by atoms with E-state index in [1.807, 2.05) is 0 Å². The van der Waals surface area contributed by atoms with Crippen molar-refractivity contribution in [2.24, 2.45) is 4.99 Å². The molecule has 1 aromatic carbocycles. The van der Waals surface area contributed by atoms with Crippen molar-refractivity contribution in [2.75, 3.05) is 20.2 Å². The summed E-state index contributed by atoms with van der Waals surface area (Å²) in [5.41, 5.74) is 2.44. The first-order chi connectivity index (χ1) is 12.0. The first-order valence-electron chi connectivity index (χ1n) is 8.68. The van der Waals surface area contributed by atoms with E-state index in [1.165, 1.54) is 16.0 Å². The number of rotatable bonds is 8. The maximum Gasteiger partial charge on any atom is 0.191 e. The van der Waals surface area contributed by atoms with Crippen LogP contribution in [0.25, 0.3) is 0 Å². The number of guanidine groups is 1. The summed E-state index contributed by atoms with van der Waals surface area (Å²) in [6.07, 6.45) is 0. The van der Waals surface area contributed by atoms with Crippen molar-refractivity contribution in [3.05, 3.63) is 57.8 Å². The summed E-state index contributed by atoms with van der Waals surface area (Å²) in [5.74, 6) is 0.855. The van der Waals surface area contributed by atoms with Crippen molar-refractivity contribution < 1.29 is 4.74 Å². The molecule has 0 saturated heterocycles. The second-order valence-corrected chi connectivity index (χ2v) is 7.61. The van der Waals surface area contributed by atoms with Crippen LogP contribution in [0.3, 0.4) is 0 Å². The molecule has 1 aromatic heterocycles. The fraction of sp³-hybridized carbons (Fsp3) is 0.450. The molecule has 1 heterocycles. The van der Waals surface area contributed by atoms with E-state index in [9.17, 15) is 0 Å². The predicted octanol–water partition coefficient (Wildman–Crippen LogP) is 3.93. The molecule has 0 aliphatic rings. The molecule has 2 N–H and O–H groups in total. The largest absolute Gasteiger partial charge is 0.380 e. The average Bonchev–Trinajstić information content (AvgIpc) is 3.14. The molecule has 0 unspecified atom stereocenters. The standard InChI is InChI=1S/C20H29N3OS/c1-5-21-19(23-15-20(2,3)18-7-6-12-25-18)22-13-16-8-10-17(11-9-16)14-24-4/h6-12H,5,13-15H2,1-4H3,(H2,21,22,23). The minimum atomic E-state index is 0.0756. The number of ether oxygens (including phenoxy) is 1. The van der Waals surface area contributed by atoms with Gasteiger partial charge in [0.2, 0.25) is 0 Å². The van der Waals surface area contributed by atoms with Crippen LogP contribution < -0.4 is 10.6 Å². The van der Waals surface area contributed by atoms with Crippen molar-refractivity contribution >= 4 is 17.3 Å². The molecule has 2 aromatic rings. The van der Waals surface area contributed by atoms with Gasteiger partial charge in [0.25, 0.3) is 0 Å². The van der Waals surface area contributed by atoms with Crippen LogP contribution in [0.1, 0.15) is 36.8 Å². The summed E-state index contributed by atoms with van der Waals surface area (Å²) < 4.78 is 5.15. The number of thiophene rings is 1. The number of nitrogens with zero attached hydrogens (tertiary/aromatic N) is 1. The number of nitrogens with one attached hydrogen (secondary N) is 2. The van der Waals surface area contributed by atoms with E-state index in [1.54, 1.807) is 18.4 Å². The zero-order chi connectivity index (χ0) is 18.1. The van der Waals surface area contributed by atoms with Gasteiger partial charge in [0.05, 0.1) is 13.2 Å². The van der Waals surface area contributed by atoms with Crippen molar-refractivity contribution in [3.8, 4) is 0 Å². The Balaban J connectivity index is 1.95. The van der Waals surface area contributed by atoms with Crippen LogP contribution >= 0.6 is 11.3 Å². The van der Waals surface area contributed by atoms with Gasteiger partial charge in [0.15, 0.2) is 5.96 Å². The third kappa shape index (κ3) is 6.18. The smallest absolute Gasteiger partial charge is 0.191 e. The van der Waals surface area contributed by atoms with E-state index < -0.39 is 0 Å². The van der Waals surface area contributed by atoms with E-state index in [0.29, 0.717) is 13.2 Å². The Kier molecular flexibility index (Phi) is 7.47. The lowest BCUT2D eigenvalue weighted by Gasteiger charge is -2.25. The summed E-state index contributed by atoms with van der Waals surface area (Å²) in [4.78, 5) is 6.09. The van der Waals surface area contributed by atoms with Crippen LogP contribution in [0.15, 0.2) is 46.8 Å². The summed E-state index contributed by atoms with van der Waals surface area (Å²) in [6.45, 7) is 9.58. The fourth-order valence-electron chi connectivity index (χ4n) is 2.48. The molecule has 0 radical (unpaired) electrons. The molecule has 5 heteroatoms. The highest BCUT2D eigenvalue weighted by molar-refractivity contribution is 7.10. The van der Waals surface area contributed by atoms with Gasteiger partial charge in [-0.2, -0.15) is 0 Å². The SMILES string of the molecule is CCNC(=NCc1ccc(COC)cc1)NCC(C)(C)c1cccs1. The monoisotopic (exact) mass is 359 g/mol. The van der Waals surface area contributed by atoms with Crippen molar-refractivity contribution in [3.63, 3.8) is 0 Å². The van der Waals surface area contributed by atoms with Gasteiger partial charge in [-0.05, 0) is 29.5 Å². The van der Waals surface area contributed by atoms with E-state index in [-0.39, 0.29) is 5.41 Å². The number of benzene rings is 1. The lowest BCUT2D eigenvalue weighted by atomic mass is 9.91. The van der Waals surface area contributed by atoms with Gasteiger partial charge >= 0.3 is 0 Å². The molecule has 2 rings (SSSR count). The summed E-state index contributed by atoms with van der Waals surface area (Å²) in [7, 11) is 1.71. The first-order valence-corrected chi connectivity index (χ1v) is 9.56. The van der Waals surface area contributed by atoms with Gasteiger partial charge in [-0.25, -0.2) is 4.99 Å². The van der Waals surface area contributed by atoms with Crippen LogP contribution in [0, 0.1) is 0 Å². The molecule has 0 spiro atoms. The number of hydrogen-bond donors (Lipinski definition) is 2. The van der Waals surface area contributed by atoms with Crippen molar-refractivity contribution in [1.82, 2.24) is 10.6 Å². The lowest BCUT2D eigenvalue weighted by molar-refractivity contribution is 0.185. The van der Waals surface area contributed by atoms with Crippen molar-refractivity contribution in [1.29, 1.82) is 0 Å². The minimum Gasteiger partial charge on any atom is -0.380 e. The topological polar surface area (TPSA) is 45.7 Å². The highest BCUT2D eigenvalue weighted by Gasteiger charge is 2.21. The summed E-state index contributed by atoms with van der Waals surface area (Å²) in [6, 6.07) is 12.7. The molecule has 0 fully saturated rings. The highest BCUT2D eigenvalue weighted by atomic mass is 32.1. The third-order valence-corrected chi connectivity index (χ3v) is 5.22. The van der Waals surface area contributed by atoms with Gasteiger partial charge in [-0.1, -0.05) is 44.2 Å². The normalized spacial score (nSPS) is 12.2. The van der Waals surface area contributed by atoms with Crippen LogP contribution in [-0.4, -0.2) is 26.2 Å². The molecule has 136 valence electrons. The maximum absolute atomic E-state index is 5.15. The van der Waals surface area contributed by atoms with Crippen LogP contribution in [-0.2, 0) is 23.3 Å². The number of hydrogen-bond acceptors (Lipinski definition) is 3. The van der Waals surface area contributed by atoms with Gasteiger partial charge in [0.1, 0.15) is 0 Å². The predicted molar refractivity (Wildman–Crippen MR) is 107 cm³/mol. The zero-order valence-electron chi connectivity index (χ0n) is 15.6. The van der Waals surface area contributed by atoms with Gasteiger partial charge in [-0.15, -0.1) is 11.3 Å². The second-order valence-electron chi connectivity index (χ2n) is 6.66. The summed E-state index contributed by atoms with van der Waals surface area (Å²) in [5, 5.41) is 8.93. The van der Waals surface area contributed by atoms with Crippen LogP contribution in [0.5, 0.6) is 0 Å². The zero-order valence-corrected chi connectivity index (χ0v) is 16.5. The Morgan fingerprint density at radius 3 is 2.44 bits per heavy atom. The van der Waals surface area contributed by atoms with Crippen LogP contribution in [0.2, 0.25) is 0 Å². The maximum atomic E-state index is 5.15. The molecule has 0 aliphatic heterocycles. The summed E-state index contributed by atoms with van der Waals surface area (Å²) >= 11 is 1.80. The van der Waals surface area contributed by atoms with Crippen molar-refractivity contribution in [2.45, 2.75) is 39.3 Å². The Morgan fingerprint density at radius 2 is 1.84 bits per heavy atom. The van der Waals surface area contributed by atoms with E-state index >= 15 is 0 Å². The second kappa shape index (κ2) is 9.59. The van der Waals surface area contributed by atoms with Gasteiger partial charge in [-0.3, -0.25) is 0 Å². The molecule has 0 bridgehead atoms.